The molecule has 0 saturated heterocycles. The molecular formula is C64H44N2. The Morgan fingerprint density at radius 3 is 1.38 bits per heavy atom. The molecule has 0 fully saturated rings. The van der Waals surface area contributed by atoms with Crippen molar-refractivity contribution in [3.8, 4) is 61.3 Å². The zero-order valence-corrected chi connectivity index (χ0v) is 36.3. The van der Waals surface area contributed by atoms with Crippen molar-refractivity contribution in [3.05, 3.63) is 267 Å². The number of hydrogen-bond donors (Lipinski definition) is 0. The molecule has 0 amide bonds. The number of anilines is 3. The summed E-state index contributed by atoms with van der Waals surface area (Å²) in [6.07, 6.45) is 0. The van der Waals surface area contributed by atoms with Gasteiger partial charge in [0, 0.05) is 33.5 Å². The molecule has 1 heterocycles. The minimum atomic E-state index is 1.08. The van der Waals surface area contributed by atoms with Gasteiger partial charge in [0.25, 0.3) is 0 Å². The van der Waals surface area contributed by atoms with Crippen molar-refractivity contribution in [1.82, 2.24) is 4.57 Å². The van der Waals surface area contributed by atoms with Crippen LogP contribution in [-0.4, -0.2) is 4.57 Å². The van der Waals surface area contributed by atoms with Gasteiger partial charge in [-0.3, -0.25) is 0 Å². The van der Waals surface area contributed by atoms with Crippen LogP contribution in [0.3, 0.4) is 0 Å². The second-order valence-corrected chi connectivity index (χ2v) is 17.0. The highest BCUT2D eigenvalue weighted by Crippen LogP contribution is 2.43. The quantitative estimate of drug-likeness (QED) is 0.141. The molecule has 0 radical (unpaired) electrons. The van der Waals surface area contributed by atoms with Crippen LogP contribution in [0.4, 0.5) is 17.1 Å². The highest BCUT2D eigenvalue weighted by molar-refractivity contribution is 6.16. The second kappa shape index (κ2) is 16.8. The lowest BCUT2D eigenvalue weighted by Gasteiger charge is -2.26. The summed E-state index contributed by atoms with van der Waals surface area (Å²) in [6, 6.07) is 96.9. The van der Waals surface area contributed by atoms with Crippen molar-refractivity contribution in [1.29, 1.82) is 0 Å². The monoisotopic (exact) mass is 840 g/mol. The van der Waals surface area contributed by atoms with Gasteiger partial charge in [0.1, 0.15) is 0 Å². The van der Waals surface area contributed by atoms with Crippen LogP contribution in [0.5, 0.6) is 0 Å². The number of rotatable bonds is 9. The first kappa shape index (κ1) is 38.9. The van der Waals surface area contributed by atoms with Crippen molar-refractivity contribution in [3.63, 3.8) is 0 Å². The van der Waals surface area contributed by atoms with Gasteiger partial charge in [0.2, 0.25) is 0 Å². The molecule has 12 aromatic rings. The largest absolute Gasteiger partial charge is 0.310 e. The minimum absolute atomic E-state index is 1.08. The topological polar surface area (TPSA) is 8.17 Å². The van der Waals surface area contributed by atoms with Crippen molar-refractivity contribution in [2.75, 3.05) is 4.90 Å². The maximum Gasteiger partial charge on any atom is 0.0547 e. The molecule has 0 atom stereocenters. The van der Waals surface area contributed by atoms with E-state index < -0.39 is 0 Å². The lowest BCUT2D eigenvalue weighted by atomic mass is 9.96. The highest BCUT2D eigenvalue weighted by Gasteiger charge is 2.19. The van der Waals surface area contributed by atoms with Crippen LogP contribution >= 0.6 is 0 Å². The maximum atomic E-state index is 2.41. The van der Waals surface area contributed by atoms with E-state index in [0.29, 0.717) is 0 Å². The summed E-state index contributed by atoms with van der Waals surface area (Å²) < 4.78 is 2.41. The van der Waals surface area contributed by atoms with Crippen molar-refractivity contribution in [2.24, 2.45) is 0 Å². The van der Waals surface area contributed by atoms with Crippen molar-refractivity contribution < 1.29 is 0 Å². The first-order valence-electron chi connectivity index (χ1n) is 22.7. The zero-order chi connectivity index (χ0) is 43.8. The zero-order valence-electron chi connectivity index (χ0n) is 36.3. The number of nitrogens with zero attached hydrogens (tertiary/aromatic N) is 2. The van der Waals surface area contributed by atoms with Gasteiger partial charge in [0.05, 0.1) is 11.0 Å². The second-order valence-electron chi connectivity index (χ2n) is 17.0. The molecule has 2 nitrogen and oxygen atoms in total. The molecule has 0 aliphatic heterocycles. The number of fused-ring (bicyclic) bond motifs is 4. The van der Waals surface area contributed by atoms with E-state index in [4.69, 9.17) is 0 Å². The van der Waals surface area contributed by atoms with Crippen molar-refractivity contribution in [2.45, 2.75) is 0 Å². The standard InChI is InChI=1S/C64H44N2/c1-4-14-45(15-5-1)48-26-28-49(29-27-48)50-32-37-57(38-33-50)65(58-39-34-51(35-40-58)53-31-30-47-18-10-11-19-52(47)42-53)59-23-12-20-55(43-59)60-24-13-25-63-64(60)61-44-54(46-16-6-2-7-17-46)36-41-62(61)66(63)56-21-8-3-9-22-56/h1-44H. The summed E-state index contributed by atoms with van der Waals surface area (Å²) >= 11 is 0. The van der Waals surface area contributed by atoms with E-state index in [1.165, 1.54) is 82.6 Å². The molecule has 0 spiro atoms. The van der Waals surface area contributed by atoms with Gasteiger partial charge in [-0.15, -0.1) is 0 Å². The molecule has 0 N–H and O–H groups in total. The highest BCUT2D eigenvalue weighted by atomic mass is 15.1. The summed E-state index contributed by atoms with van der Waals surface area (Å²) in [6.45, 7) is 0. The summed E-state index contributed by atoms with van der Waals surface area (Å²) in [5.74, 6) is 0. The molecule has 66 heavy (non-hydrogen) atoms. The fourth-order valence-corrected chi connectivity index (χ4v) is 9.70. The number of hydrogen-bond acceptors (Lipinski definition) is 1. The molecule has 0 aliphatic carbocycles. The Kier molecular flexibility index (Phi) is 9.89. The molecule has 0 bridgehead atoms. The first-order chi connectivity index (χ1) is 32.7. The van der Waals surface area contributed by atoms with E-state index in [9.17, 15) is 0 Å². The van der Waals surface area contributed by atoms with E-state index in [-0.39, 0.29) is 0 Å². The molecule has 2 heteroatoms. The summed E-state index contributed by atoms with van der Waals surface area (Å²) in [7, 11) is 0. The molecule has 1 aromatic heterocycles. The van der Waals surface area contributed by atoms with Gasteiger partial charge in [-0.2, -0.15) is 0 Å². The Bertz CT molecular complexity index is 3650. The molecule has 310 valence electrons. The third kappa shape index (κ3) is 7.21. The average Bonchev–Trinajstić information content (AvgIpc) is 3.74. The lowest BCUT2D eigenvalue weighted by molar-refractivity contribution is 1.18. The molecule has 12 rings (SSSR count). The Morgan fingerprint density at radius 1 is 0.258 bits per heavy atom. The minimum Gasteiger partial charge on any atom is -0.310 e. The molecule has 0 unspecified atom stereocenters. The molecule has 0 saturated carbocycles. The number of benzene rings is 11. The Hall–Kier alpha value is -8.72. The van der Waals surface area contributed by atoms with Crippen LogP contribution in [0.2, 0.25) is 0 Å². The molecule has 0 aliphatic rings. The van der Waals surface area contributed by atoms with E-state index in [1.54, 1.807) is 0 Å². The number of aromatic nitrogens is 1. The van der Waals surface area contributed by atoms with Crippen LogP contribution in [0.25, 0.3) is 93.9 Å². The van der Waals surface area contributed by atoms with Gasteiger partial charge in [0.15, 0.2) is 0 Å². The third-order valence-corrected chi connectivity index (χ3v) is 13.0. The Labute approximate surface area is 385 Å². The summed E-state index contributed by atoms with van der Waals surface area (Å²) in [5.41, 5.74) is 18.7. The van der Waals surface area contributed by atoms with E-state index in [2.05, 4.69) is 276 Å². The summed E-state index contributed by atoms with van der Waals surface area (Å²) in [5, 5.41) is 4.95. The fourth-order valence-electron chi connectivity index (χ4n) is 9.70. The average molecular weight is 841 g/mol. The van der Waals surface area contributed by atoms with Gasteiger partial charge < -0.3 is 9.47 Å². The Morgan fingerprint density at radius 2 is 0.727 bits per heavy atom. The van der Waals surface area contributed by atoms with Crippen LogP contribution in [0.15, 0.2) is 267 Å². The van der Waals surface area contributed by atoms with Crippen LogP contribution in [0, 0.1) is 0 Å². The van der Waals surface area contributed by atoms with E-state index in [1.807, 2.05) is 0 Å². The SMILES string of the molecule is c1ccc(-c2ccc(-c3ccc(N(c4ccc(-c5ccc6ccccc6c5)cc4)c4cccc(-c5cccc6c5c5cc(-c7ccccc7)ccc5n6-c5ccccc5)c4)cc3)cc2)cc1. The van der Waals surface area contributed by atoms with Crippen LogP contribution < -0.4 is 4.90 Å². The van der Waals surface area contributed by atoms with Crippen molar-refractivity contribution >= 4 is 49.6 Å². The summed E-state index contributed by atoms with van der Waals surface area (Å²) in [4.78, 5) is 2.39. The fraction of sp³-hybridized carbons (Fsp3) is 0. The predicted octanol–water partition coefficient (Wildman–Crippen LogP) is 17.7. The van der Waals surface area contributed by atoms with Crippen LogP contribution in [-0.2, 0) is 0 Å². The molecule has 11 aromatic carbocycles. The van der Waals surface area contributed by atoms with Gasteiger partial charge in [-0.1, -0.05) is 194 Å². The van der Waals surface area contributed by atoms with Gasteiger partial charge >= 0.3 is 0 Å². The maximum absolute atomic E-state index is 2.41. The van der Waals surface area contributed by atoms with E-state index in [0.717, 1.165) is 28.3 Å². The first-order valence-corrected chi connectivity index (χ1v) is 22.7. The van der Waals surface area contributed by atoms with Gasteiger partial charge in [-0.25, -0.2) is 0 Å². The lowest BCUT2D eigenvalue weighted by Crippen LogP contribution is -2.10. The number of para-hydroxylation sites is 1. The third-order valence-electron chi connectivity index (χ3n) is 13.0. The van der Waals surface area contributed by atoms with Crippen LogP contribution in [0.1, 0.15) is 0 Å². The Balaban J connectivity index is 0.982. The predicted molar refractivity (Wildman–Crippen MR) is 280 cm³/mol. The molecular weight excluding hydrogens is 797 g/mol. The normalized spacial score (nSPS) is 11.3. The smallest absolute Gasteiger partial charge is 0.0547 e. The van der Waals surface area contributed by atoms with Gasteiger partial charge in [-0.05, 0) is 139 Å². The van der Waals surface area contributed by atoms with E-state index >= 15 is 0 Å².